The van der Waals surface area contributed by atoms with Crippen LogP contribution in [-0.2, 0) is 11.3 Å². The molecular weight excluding hydrogens is 546 g/mol. The molecule has 2 aliphatic rings. The second-order valence-corrected chi connectivity index (χ2v) is 11.5. The van der Waals surface area contributed by atoms with Crippen LogP contribution in [0.4, 0.5) is 4.79 Å². The van der Waals surface area contributed by atoms with Crippen LogP contribution in [0.5, 0.6) is 0 Å². The first-order chi connectivity index (χ1) is 20.9. The van der Waals surface area contributed by atoms with Crippen molar-refractivity contribution in [1.29, 1.82) is 0 Å². The van der Waals surface area contributed by atoms with Crippen LogP contribution in [0.2, 0.25) is 0 Å². The fourth-order valence-electron chi connectivity index (χ4n) is 6.15. The lowest BCUT2D eigenvalue weighted by atomic mass is 9.97. The molecule has 5 heterocycles. The summed E-state index contributed by atoms with van der Waals surface area (Å²) in [6.45, 7) is 6.71. The van der Waals surface area contributed by atoms with E-state index < -0.39 is 6.09 Å². The molecule has 6 rings (SSSR count). The van der Waals surface area contributed by atoms with E-state index in [4.69, 9.17) is 9.84 Å². The Bertz CT molecular complexity index is 1610. The highest BCUT2D eigenvalue weighted by atomic mass is 16.5. The summed E-state index contributed by atoms with van der Waals surface area (Å²) in [5, 5.41) is 15.5. The Balaban J connectivity index is 1.40. The molecule has 2 saturated heterocycles. The first-order valence-electron chi connectivity index (χ1n) is 15.3. The highest BCUT2D eigenvalue weighted by Crippen LogP contribution is 2.35. The standard InChI is InChI=1S/C32H39N7O4/c1-3-37(32(41)42)20-23-17-33-18-25(21(23)2)22-11-12-27-24(16-22)29(36-39(27)28-10-6-9-15-43-28)30-34-19-26(35-30)31(40)38-13-7-4-5-8-14-38/h11-12,16-19,28H,3-10,13-15,20H2,1-2H3,(H,34,35)(H,41,42). The van der Waals surface area contributed by atoms with Gasteiger partial charge in [-0.25, -0.2) is 14.5 Å². The maximum absolute atomic E-state index is 13.3. The first kappa shape index (κ1) is 28.9. The minimum absolute atomic E-state index is 0.0262. The number of carboxylic acid groups (broad SMARTS) is 1. The van der Waals surface area contributed by atoms with Gasteiger partial charge in [0.15, 0.2) is 12.1 Å². The van der Waals surface area contributed by atoms with Gasteiger partial charge in [-0.1, -0.05) is 18.9 Å². The number of imidazole rings is 1. The number of amides is 2. The van der Waals surface area contributed by atoms with Gasteiger partial charge in [0, 0.05) is 49.6 Å². The summed E-state index contributed by atoms with van der Waals surface area (Å²) >= 11 is 0. The summed E-state index contributed by atoms with van der Waals surface area (Å²) in [5.41, 5.74) is 5.74. The van der Waals surface area contributed by atoms with Gasteiger partial charge in [-0.15, -0.1) is 0 Å². The van der Waals surface area contributed by atoms with Crippen LogP contribution in [0, 0.1) is 6.92 Å². The van der Waals surface area contributed by atoms with E-state index in [0.717, 1.165) is 91.2 Å². The van der Waals surface area contributed by atoms with E-state index in [-0.39, 0.29) is 18.7 Å². The number of aromatic nitrogens is 5. The van der Waals surface area contributed by atoms with Crippen LogP contribution in [0.15, 0.2) is 36.8 Å². The molecule has 0 saturated carbocycles. The number of ether oxygens (including phenoxy) is 1. The van der Waals surface area contributed by atoms with Crippen molar-refractivity contribution in [3.8, 4) is 22.6 Å². The van der Waals surface area contributed by atoms with Crippen LogP contribution in [0.1, 0.15) is 79.7 Å². The molecule has 226 valence electrons. The molecule has 2 fully saturated rings. The summed E-state index contributed by atoms with van der Waals surface area (Å²) in [6, 6.07) is 6.18. The number of likely N-dealkylation sites (tertiary alicyclic amines) is 1. The molecule has 0 aliphatic carbocycles. The van der Waals surface area contributed by atoms with E-state index >= 15 is 0 Å². The van der Waals surface area contributed by atoms with Gasteiger partial charge in [-0.2, -0.15) is 5.10 Å². The Hall–Kier alpha value is -4.25. The van der Waals surface area contributed by atoms with Gasteiger partial charge >= 0.3 is 6.09 Å². The van der Waals surface area contributed by atoms with Gasteiger partial charge in [0.2, 0.25) is 0 Å². The minimum Gasteiger partial charge on any atom is -0.465 e. The van der Waals surface area contributed by atoms with Gasteiger partial charge in [0.25, 0.3) is 5.91 Å². The summed E-state index contributed by atoms with van der Waals surface area (Å²) in [6.07, 6.45) is 11.4. The Morgan fingerprint density at radius 2 is 1.91 bits per heavy atom. The number of hydrogen-bond acceptors (Lipinski definition) is 6. The van der Waals surface area contributed by atoms with Gasteiger partial charge < -0.3 is 24.6 Å². The fraction of sp³-hybridized carbons (Fsp3) is 0.469. The predicted molar refractivity (Wildman–Crippen MR) is 163 cm³/mol. The van der Waals surface area contributed by atoms with Crippen molar-refractivity contribution in [2.45, 2.75) is 71.6 Å². The lowest BCUT2D eigenvalue weighted by Gasteiger charge is -2.23. The number of aromatic amines is 1. The molecule has 11 nitrogen and oxygen atoms in total. The zero-order valence-electron chi connectivity index (χ0n) is 24.9. The summed E-state index contributed by atoms with van der Waals surface area (Å²) in [5.74, 6) is 0.514. The van der Waals surface area contributed by atoms with E-state index in [9.17, 15) is 14.7 Å². The molecule has 43 heavy (non-hydrogen) atoms. The maximum atomic E-state index is 13.3. The molecule has 1 atom stereocenters. The molecule has 1 unspecified atom stereocenters. The van der Waals surface area contributed by atoms with Crippen LogP contribution in [-0.4, -0.2) is 77.9 Å². The number of fused-ring (bicyclic) bond motifs is 1. The number of H-pyrrole nitrogens is 1. The third-order valence-corrected chi connectivity index (χ3v) is 8.70. The van der Waals surface area contributed by atoms with Crippen molar-refractivity contribution in [3.05, 3.63) is 53.6 Å². The Morgan fingerprint density at radius 1 is 1.09 bits per heavy atom. The minimum atomic E-state index is -0.956. The lowest BCUT2D eigenvalue weighted by Crippen LogP contribution is -2.32. The van der Waals surface area contributed by atoms with E-state index in [1.165, 1.54) is 4.90 Å². The van der Waals surface area contributed by atoms with Crippen molar-refractivity contribution in [2.75, 3.05) is 26.2 Å². The number of carbonyl (C=O) groups excluding carboxylic acids is 1. The van der Waals surface area contributed by atoms with Crippen LogP contribution >= 0.6 is 0 Å². The van der Waals surface area contributed by atoms with E-state index in [2.05, 4.69) is 21.0 Å². The maximum Gasteiger partial charge on any atom is 0.407 e. The molecule has 3 aromatic heterocycles. The number of nitrogens with one attached hydrogen (secondary N) is 1. The Morgan fingerprint density at radius 3 is 2.63 bits per heavy atom. The normalized spacial score (nSPS) is 17.6. The Labute approximate surface area is 250 Å². The van der Waals surface area contributed by atoms with Crippen molar-refractivity contribution in [1.82, 2.24) is 34.5 Å². The van der Waals surface area contributed by atoms with E-state index in [0.29, 0.717) is 30.4 Å². The van der Waals surface area contributed by atoms with Crippen molar-refractivity contribution < 1.29 is 19.4 Å². The third-order valence-electron chi connectivity index (χ3n) is 8.70. The quantitative estimate of drug-likeness (QED) is 0.272. The average Bonchev–Trinajstić information content (AvgIpc) is 3.56. The van der Waals surface area contributed by atoms with Gasteiger partial charge in [0.05, 0.1) is 18.3 Å². The van der Waals surface area contributed by atoms with E-state index in [1.54, 1.807) is 12.4 Å². The summed E-state index contributed by atoms with van der Waals surface area (Å²) in [7, 11) is 0. The number of benzene rings is 1. The summed E-state index contributed by atoms with van der Waals surface area (Å²) in [4.78, 5) is 40.6. The Kier molecular flexibility index (Phi) is 8.42. The zero-order chi connectivity index (χ0) is 29.9. The largest absolute Gasteiger partial charge is 0.465 e. The smallest absolute Gasteiger partial charge is 0.407 e. The molecule has 0 radical (unpaired) electrons. The van der Waals surface area contributed by atoms with E-state index in [1.807, 2.05) is 41.8 Å². The number of pyridine rings is 1. The molecule has 0 spiro atoms. The van der Waals surface area contributed by atoms with Crippen molar-refractivity contribution in [2.24, 2.45) is 0 Å². The fourth-order valence-corrected chi connectivity index (χ4v) is 6.15. The highest BCUT2D eigenvalue weighted by molar-refractivity contribution is 5.97. The van der Waals surface area contributed by atoms with Crippen LogP contribution in [0.3, 0.4) is 0 Å². The second-order valence-electron chi connectivity index (χ2n) is 11.5. The molecule has 11 heteroatoms. The average molecular weight is 586 g/mol. The number of hydrogen-bond donors (Lipinski definition) is 2. The van der Waals surface area contributed by atoms with Gasteiger partial charge in [0.1, 0.15) is 11.4 Å². The number of carbonyl (C=O) groups is 2. The van der Waals surface area contributed by atoms with Crippen molar-refractivity contribution >= 4 is 22.9 Å². The molecule has 0 bridgehead atoms. The van der Waals surface area contributed by atoms with Gasteiger partial charge in [-0.05, 0) is 74.8 Å². The lowest BCUT2D eigenvalue weighted by molar-refractivity contribution is -0.0365. The van der Waals surface area contributed by atoms with Crippen LogP contribution < -0.4 is 0 Å². The zero-order valence-corrected chi connectivity index (χ0v) is 24.9. The SMILES string of the molecule is CCN(Cc1cncc(-c2ccc3c(c2)c(-c2ncc(C(=O)N4CCCCCC4)[nH]2)nn3C2CCCCO2)c1C)C(=O)O. The first-order valence-corrected chi connectivity index (χ1v) is 15.3. The number of rotatable bonds is 7. The predicted octanol–water partition coefficient (Wildman–Crippen LogP) is 6.01. The summed E-state index contributed by atoms with van der Waals surface area (Å²) < 4.78 is 8.06. The van der Waals surface area contributed by atoms with Gasteiger partial charge in [-0.3, -0.25) is 9.78 Å². The second kappa shape index (κ2) is 12.5. The molecule has 4 aromatic rings. The number of nitrogens with zero attached hydrogens (tertiary/aromatic N) is 6. The molecule has 2 aliphatic heterocycles. The molecule has 2 amide bonds. The molecule has 1 aromatic carbocycles. The third kappa shape index (κ3) is 5.86. The molecule has 2 N–H and O–H groups in total. The topological polar surface area (TPSA) is 129 Å². The van der Waals surface area contributed by atoms with Crippen molar-refractivity contribution in [3.63, 3.8) is 0 Å². The van der Waals surface area contributed by atoms with Crippen LogP contribution in [0.25, 0.3) is 33.5 Å². The highest BCUT2D eigenvalue weighted by Gasteiger charge is 2.25. The molecular formula is C32H39N7O4. The monoisotopic (exact) mass is 585 g/mol.